The van der Waals surface area contributed by atoms with E-state index in [4.69, 9.17) is 34.4 Å². The van der Waals surface area contributed by atoms with E-state index in [0.717, 1.165) is 9.80 Å². The van der Waals surface area contributed by atoms with Gasteiger partial charge in [0.05, 0.1) is 37.0 Å². The number of aliphatic hydroxyl groups excluding tert-OH is 2. The first-order valence-electron chi connectivity index (χ1n) is 27.1. The summed E-state index contributed by atoms with van der Waals surface area (Å²) in [5.74, 6) is -7.98. The quantitative estimate of drug-likeness (QED) is 0.0140. The van der Waals surface area contributed by atoms with E-state index < -0.39 is 127 Å². The van der Waals surface area contributed by atoms with Crippen molar-refractivity contribution in [2.75, 3.05) is 63.1 Å². The fourth-order valence-corrected chi connectivity index (χ4v) is 11.4. The van der Waals surface area contributed by atoms with Gasteiger partial charge in [0.15, 0.2) is 17.9 Å². The van der Waals surface area contributed by atoms with E-state index in [9.17, 15) is 63.3 Å². The molecule has 31 nitrogen and oxygen atoms in total. The number of thiophene rings is 1. The Morgan fingerprint density at radius 2 is 1.38 bits per heavy atom. The highest BCUT2D eigenvalue weighted by Gasteiger charge is 2.47. The molecular weight excluding hydrogens is 1140 g/mol. The minimum Gasteiger partial charge on any atom is -0.480 e. The summed E-state index contributed by atoms with van der Waals surface area (Å²) in [6.07, 6.45) is 0.591. The van der Waals surface area contributed by atoms with Crippen molar-refractivity contribution in [3.63, 3.8) is 0 Å². The van der Waals surface area contributed by atoms with Crippen molar-refractivity contribution in [3.8, 4) is 0 Å². The number of carboxylic acids is 1. The molecule has 0 aliphatic carbocycles. The van der Waals surface area contributed by atoms with E-state index in [0.29, 0.717) is 34.6 Å². The van der Waals surface area contributed by atoms with Gasteiger partial charge in [0.25, 0.3) is 0 Å². The van der Waals surface area contributed by atoms with Crippen LogP contribution in [0.15, 0.2) is 61.7 Å². The van der Waals surface area contributed by atoms with Crippen molar-refractivity contribution >= 4 is 106 Å². The number of anilines is 1. The number of hydrogen-bond acceptors (Lipinski definition) is 18. The summed E-state index contributed by atoms with van der Waals surface area (Å²) in [7, 11) is 0. The van der Waals surface area contributed by atoms with Gasteiger partial charge in [0.1, 0.15) is 49.1 Å². The van der Waals surface area contributed by atoms with Gasteiger partial charge in [-0.15, -0.1) is 23.1 Å². The van der Waals surface area contributed by atoms with Crippen LogP contribution in [0.3, 0.4) is 0 Å². The van der Waals surface area contributed by atoms with Crippen LogP contribution in [0, 0.1) is 0 Å². The number of thioether (sulfide) groups is 1. The summed E-state index contributed by atoms with van der Waals surface area (Å²) in [5, 5.41) is 49.1. The Morgan fingerprint density at radius 1 is 0.738 bits per heavy atom. The van der Waals surface area contributed by atoms with Crippen molar-refractivity contribution < 1.29 is 63.3 Å². The van der Waals surface area contributed by atoms with E-state index in [1.807, 2.05) is 0 Å². The van der Waals surface area contributed by atoms with Gasteiger partial charge in [-0.25, -0.2) is 4.79 Å². The number of fused-ring (bicyclic) bond motifs is 1. The Kier molecular flexibility index (Phi) is 26.4. The number of aldehydes is 1. The second-order valence-corrected chi connectivity index (χ2v) is 22.0. The predicted octanol–water partition coefficient (Wildman–Crippen LogP) is -5.80. The number of aliphatic imine (C=N–C) groups is 3. The largest absolute Gasteiger partial charge is 0.480 e. The molecule has 2 fully saturated rings. The van der Waals surface area contributed by atoms with Crippen LogP contribution in [-0.2, 0) is 54.4 Å². The molecule has 2 saturated heterocycles. The maximum Gasteiger partial charge on any atom is 0.326 e. The summed E-state index contributed by atoms with van der Waals surface area (Å²) in [6, 6.07) is -0.0782. The van der Waals surface area contributed by atoms with Crippen molar-refractivity contribution in [3.05, 3.63) is 46.7 Å². The van der Waals surface area contributed by atoms with Gasteiger partial charge >= 0.3 is 5.97 Å². The Bertz CT molecular complexity index is 2730. The third-order valence-corrected chi connectivity index (χ3v) is 15.8. The third kappa shape index (κ3) is 20.0. The number of carbonyl (C=O) groups excluding carboxylic acids is 9. The average molecular weight is 1210 g/mol. The minimum atomic E-state index is -1.51. The van der Waals surface area contributed by atoms with Crippen LogP contribution in [0.25, 0.3) is 0 Å². The lowest BCUT2D eigenvalue weighted by atomic mass is 10.1. The molecule has 33 heteroatoms. The fraction of sp³-hybridized carbons (Fsp3) is 0.549. The van der Waals surface area contributed by atoms with Crippen LogP contribution < -0.4 is 71.2 Å². The Morgan fingerprint density at radius 3 is 2.00 bits per heavy atom. The van der Waals surface area contributed by atoms with Gasteiger partial charge in [0.2, 0.25) is 47.3 Å². The van der Waals surface area contributed by atoms with Crippen LogP contribution >= 0.6 is 23.1 Å². The monoisotopic (exact) mass is 1210 g/mol. The second-order valence-electron chi connectivity index (χ2n) is 19.9. The highest BCUT2D eigenvalue weighted by Crippen LogP contribution is 2.34. The molecule has 9 atom stereocenters. The second kappa shape index (κ2) is 33.2. The molecule has 0 radical (unpaired) electrons. The molecule has 2 aromatic rings. The molecule has 8 amide bonds. The number of benzene rings is 1. The van der Waals surface area contributed by atoms with Gasteiger partial charge in [0, 0.05) is 54.7 Å². The van der Waals surface area contributed by atoms with E-state index >= 15 is 0 Å². The smallest absolute Gasteiger partial charge is 0.326 e. The molecule has 3 aliphatic heterocycles. The molecule has 0 bridgehead atoms. The molecule has 0 spiro atoms. The number of rotatable bonds is 32. The Labute approximate surface area is 491 Å². The van der Waals surface area contributed by atoms with E-state index in [1.54, 1.807) is 41.8 Å². The number of aliphatic carboxylic acids is 1. The summed E-state index contributed by atoms with van der Waals surface area (Å²) in [4.78, 5) is 152. The van der Waals surface area contributed by atoms with Crippen molar-refractivity contribution in [2.24, 2.45) is 49.4 Å². The van der Waals surface area contributed by atoms with Gasteiger partial charge < -0.3 is 95.8 Å². The lowest BCUT2D eigenvalue weighted by Crippen LogP contribution is -2.60. The highest BCUT2D eigenvalue weighted by atomic mass is 32.2. The lowest BCUT2D eigenvalue weighted by Gasteiger charge is -2.33. The summed E-state index contributed by atoms with van der Waals surface area (Å²) in [5.41, 5.74) is 32.7. The van der Waals surface area contributed by atoms with Crippen LogP contribution in [0.1, 0.15) is 62.7 Å². The van der Waals surface area contributed by atoms with Crippen molar-refractivity contribution in [1.29, 1.82) is 0 Å². The topological polar surface area (TPSA) is 506 Å². The number of carbonyl (C=O) groups is 10. The Hall–Kier alpha value is -8.14. The standard InChI is InChI=1S/C51H76N18O13S2/c52-49(53)58-16-3-8-28(25-70)62-43(76)30(10-4-17-59-50(54)55)65-45(78)36-13-6-19-67(36)47(80)41-37(72)15-20-68(41)40(74)23-61-42(75)32(22-29-9-7-21-83-29)66-44(77)33(26-71)63-34-27-84-38-14-2-1-12-35(38)69(46(34)79)24-39(73)64-31(48(81)82)11-5-18-60-51(56)57/h1-2,7,9,12,14,21,25,28,30-34,36-37,41,63,71-72H,3-6,8,10-11,13,15-20,22-24,26-27H2,(H,61,75)(H,62,76)(H,64,73)(H,65,78)(H,66,77)(H,81,82)(H4,52,53,58)(H4,54,55,59)(H4,56,57,60)/t28-,30+,31+,32+,33+,34-,36+,37?,41+/m1/s1. The molecule has 3 aliphatic rings. The van der Waals surface area contributed by atoms with Gasteiger partial charge in [-0.3, -0.25) is 58.7 Å². The molecule has 84 heavy (non-hydrogen) atoms. The van der Waals surface area contributed by atoms with Crippen LogP contribution in [-0.4, -0.2) is 215 Å². The van der Waals surface area contributed by atoms with Crippen LogP contribution in [0.5, 0.6) is 0 Å². The third-order valence-electron chi connectivity index (χ3n) is 13.8. The van der Waals surface area contributed by atoms with Crippen LogP contribution in [0.4, 0.5) is 5.69 Å². The van der Waals surface area contributed by atoms with Gasteiger partial charge in [-0.1, -0.05) is 18.2 Å². The normalized spacial score (nSPS) is 19.2. The molecule has 21 N–H and O–H groups in total. The van der Waals surface area contributed by atoms with Gasteiger partial charge in [-0.2, -0.15) is 0 Å². The number of para-hydroxylation sites is 1. The number of nitrogens with two attached hydrogens (primary N) is 6. The summed E-state index contributed by atoms with van der Waals surface area (Å²) >= 11 is 2.49. The number of guanidine groups is 3. The molecule has 5 rings (SSSR count). The highest BCUT2D eigenvalue weighted by molar-refractivity contribution is 7.99. The zero-order chi connectivity index (χ0) is 61.5. The zero-order valence-electron chi connectivity index (χ0n) is 46.1. The van der Waals surface area contributed by atoms with Crippen molar-refractivity contribution in [1.82, 2.24) is 41.7 Å². The zero-order valence-corrected chi connectivity index (χ0v) is 47.8. The molecular formula is C51H76N18O13S2. The fourth-order valence-electron chi connectivity index (χ4n) is 9.58. The first-order valence-corrected chi connectivity index (χ1v) is 29.0. The predicted molar refractivity (Wildman–Crippen MR) is 310 cm³/mol. The lowest BCUT2D eigenvalue weighted by molar-refractivity contribution is -0.149. The molecule has 1 unspecified atom stereocenters. The average Bonchev–Trinajstić information content (AvgIpc) is 3.07. The molecule has 4 heterocycles. The van der Waals surface area contributed by atoms with E-state index in [-0.39, 0.29) is 108 Å². The maximum atomic E-state index is 14.4. The number of nitrogens with one attached hydrogen (secondary N) is 6. The number of amides is 8. The van der Waals surface area contributed by atoms with Gasteiger partial charge in [-0.05, 0) is 81.4 Å². The van der Waals surface area contributed by atoms with E-state index in [1.165, 1.54) is 28.0 Å². The van der Waals surface area contributed by atoms with Crippen LogP contribution in [0.2, 0.25) is 0 Å². The number of nitrogens with zero attached hydrogens (tertiary/aromatic N) is 6. The molecule has 0 saturated carbocycles. The number of hydrogen-bond donors (Lipinski definition) is 15. The number of aliphatic hydroxyl groups is 2. The first kappa shape index (κ1) is 66.7. The number of likely N-dealkylation sites (tertiary alicyclic amines) is 2. The van der Waals surface area contributed by atoms with E-state index in [2.05, 4.69) is 46.9 Å². The molecule has 460 valence electrons. The molecule has 1 aromatic heterocycles. The maximum absolute atomic E-state index is 14.4. The van der Waals surface area contributed by atoms with Crippen molar-refractivity contribution in [2.45, 2.75) is 124 Å². The number of carboxylic acid groups (broad SMARTS) is 1. The molecule has 1 aromatic carbocycles. The Balaban J connectivity index is 1.24. The first-order chi connectivity index (χ1) is 40.1. The SMILES string of the molecule is NC(N)=NCCC[C@H](NC(=O)CN1C(=O)[C@H](N[C@@H](CO)C(=O)N[C@@H](Cc2cccs2)C(=O)NCC(=O)N2CCC(O)[C@H]2C(=O)N2CCC[C@H]2C(=O)N[C@@H](CCCN=C(N)N)C(=O)N[C@@H](C=O)CCCN=C(N)N)CSc2ccccc21)C(=O)O. The summed E-state index contributed by atoms with van der Waals surface area (Å²) in [6.45, 7) is -1.80. The minimum absolute atomic E-state index is 0.0126. The summed E-state index contributed by atoms with van der Waals surface area (Å²) < 4.78 is 0.